The first kappa shape index (κ1) is 47.0. The van der Waals surface area contributed by atoms with Gasteiger partial charge in [0.1, 0.15) is 5.82 Å². The molecule has 0 unspecified atom stereocenters. The summed E-state index contributed by atoms with van der Waals surface area (Å²) in [5.74, 6) is -2.97. The molecular weight excluding hydrogens is 846 g/mol. The molecule has 0 bridgehead atoms. The maximum atomic E-state index is 14.3. The van der Waals surface area contributed by atoms with Crippen LogP contribution in [0.5, 0.6) is 0 Å². The van der Waals surface area contributed by atoms with Gasteiger partial charge in [-0.2, -0.15) is 0 Å². The number of Topliss-reactive ketones (excluding diaryl/α,β-unsaturated/α-hetero) is 2. The quantitative estimate of drug-likeness (QED) is 0.136. The molecule has 0 N–H and O–H groups in total. The minimum atomic E-state index is -0.585. The predicted molar refractivity (Wildman–Crippen MR) is 241 cm³/mol. The van der Waals surface area contributed by atoms with Crippen LogP contribution in [0.25, 0.3) is 0 Å². The number of benzene rings is 3. The summed E-state index contributed by atoms with van der Waals surface area (Å²) >= 11 is 0. The third kappa shape index (κ3) is 10.5. The maximum absolute atomic E-state index is 14.3. The van der Waals surface area contributed by atoms with E-state index in [-0.39, 0.29) is 78.8 Å². The number of hydrogen-bond acceptors (Lipinski definition) is 11. The fraction of sp³-hybridized carbons (Fsp3) is 0.538. The SMILES string of the molecule is COC(=O)C[C@H](C(=O)N1CCC[C@H]1C(=O)Cc1ccc([C@@H]2CC[C@@H](c3ccc(CC(=O)[C@@H]4CCCN4C(=O)[C@@H](CC(=O)OC)[C@H]4CCOC4)cc3)N2c2ccc(F)cc2)cc1)[C@H]1CCOC1. The number of likely N-dealkylation sites (tertiary alicyclic amines) is 2. The van der Waals surface area contributed by atoms with E-state index < -0.39 is 35.9 Å². The number of rotatable bonds is 17. The molecule has 3 aromatic rings. The molecule has 8 atom stereocenters. The summed E-state index contributed by atoms with van der Waals surface area (Å²) in [5.41, 5.74) is 4.70. The molecule has 66 heavy (non-hydrogen) atoms. The fourth-order valence-corrected chi connectivity index (χ4v) is 11.1. The highest BCUT2D eigenvalue weighted by atomic mass is 19.1. The Hall–Kier alpha value is -5.47. The number of carbonyl (C=O) groups is 6. The third-order valence-corrected chi connectivity index (χ3v) is 14.7. The van der Waals surface area contributed by atoms with Crippen molar-refractivity contribution >= 4 is 41.0 Å². The maximum Gasteiger partial charge on any atom is 0.306 e. The van der Waals surface area contributed by atoms with Gasteiger partial charge in [-0.3, -0.25) is 28.8 Å². The first-order valence-corrected chi connectivity index (χ1v) is 23.7. The Kier molecular flexibility index (Phi) is 15.3. The van der Waals surface area contributed by atoms with Gasteiger partial charge in [0.2, 0.25) is 11.8 Å². The van der Waals surface area contributed by atoms with Crippen molar-refractivity contribution in [1.29, 1.82) is 0 Å². The first-order valence-electron chi connectivity index (χ1n) is 23.7. The second-order valence-electron chi connectivity index (χ2n) is 18.7. The molecule has 0 spiro atoms. The van der Waals surface area contributed by atoms with E-state index in [4.69, 9.17) is 18.9 Å². The Morgan fingerprint density at radius 2 is 1.02 bits per heavy atom. The lowest BCUT2D eigenvalue weighted by Gasteiger charge is -2.33. The summed E-state index contributed by atoms with van der Waals surface area (Å²) in [4.78, 5) is 85.8. The molecule has 352 valence electrons. The normalized spacial score (nSPS) is 24.9. The van der Waals surface area contributed by atoms with Crippen molar-refractivity contribution in [1.82, 2.24) is 9.80 Å². The molecule has 3 aromatic carbocycles. The Morgan fingerprint density at radius 3 is 1.39 bits per heavy atom. The molecule has 13 nitrogen and oxygen atoms in total. The van der Waals surface area contributed by atoms with Gasteiger partial charge >= 0.3 is 11.9 Å². The van der Waals surface area contributed by atoms with Crippen LogP contribution in [0, 0.1) is 29.5 Å². The van der Waals surface area contributed by atoms with Crippen molar-refractivity contribution in [3.63, 3.8) is 0 Å². The van der Waals surface area contributed by atoms with Crippen LogP contribution in [0.2, 0.25) is 0 Å². The molecule has 14 heteroatoms. The number of esters is 2. The number of methoxy groups -OCH3 is 2. The molecule has 0 aliphatic carbocycles. The van der Waals surface area contributed by atoms with Gasteiger partial charge in [0.15, 0.2) is 11.6 Å². The van der Waals surface area contributed by atoms with E-state index in [0.29, 0.717) is 65.2 Å². The second-order valence-corrected chi connectivity index (χ2v) is 18.7. The monoisotopic (exact) mass is 907 g/mol. The highest BCUT2D eigenvalue weighted by molar-refractivity contribution is 5.94. The summed E-state index contributed by atoms with van der Waals surface area (Å²) < 4.78 is 35.2. The predicted octanol–water partition coefficient (Wildman–Crippen LogP) is 6.55. The van der Waals surface area contributed by atoms with Gasteiger partial charge in [0.05, 0.1) is 76.3 Å². The largest absolute Gasteiger partial charge is 0.469 e. The Morgan fingerprint density at radius 1 is 0.591 bits per heavy atom. The number of ether oxygens (including phenoxy) is 4. The van der Waals surface area contributed by atoms with Gasteiger partial charge in [-0.05, 0) is 110 Å². The molecule has 5 saturated heterocycles. The number of hydrogen-bond donors (Lipinski definition) is 0. The van der Waals surface area contributed by atoms with Gasteiger partial charge in [0, 0.05) is 44.8 Å². The molecule has 0 radical (unpaired) electrons. The average Bonchev–Trinajstić information content (AvgIpc) is 4.20. The van der Waals surface area contributed by atoms with E-state index in [1.54, 1.807) is 21.9 Å². The Balaban J connectivity index is 0.929. The summed E-state index contributed by atoms with van der Waals surface area (Å²) in [6.07, 6.45) is 5.91. The first-order chi connectivity index (χ1) is 32.0. The molecular formula is C52H62FN3O10. The highest BCUT2D eigenvalue weighted by Crippen LogP contribution is 2.47. The van der Waals surface area contributed by atoms with Crippen LogP contribution in [0.1, 0.15) is 98.5 Å². The average molecular weight is 908 g/mol. The zero-order valence-corrected chi connectivity index (χ0v) is 38.1. The van der Waals surface area contributed by atoms with Crippen LogP contribution < -0.4 is 4.90 Å². The van der Waals surface area contributed by atoms with Gasteiger partial charge < -0.3 is 33.6 Å². The number of amides is 2. The van der Waals surface area contributed by atoms with Gasteiger partial charge in [0.25, 0.3) is 0 Å². The zero-order chi connectivity index (χ0) is 46.3. The highest BCUT2D eigenvalue weighted by Gasteiger charge is 2.43. The standard InChI is InChI=1S/C52H62FN3O10/c1-63-49(59)29-41(37-21-25-65-31-37)51(61)54-23-3-5-45(54)47(57)27-33-7-11-35(12-8-33)43-19-20-44(56(43)40-17-15-39(53)16-18-40)36-13-9-34(10-14-36)28-48(58)46-6-4-24-55(46)52(62)42(30-50(60)64-2)38-22-26-66-32-38/h7-18,37-38,41-46H,3-6,19-32H2,1-2H3/t37-,38-,41-,42-,43-,44-,45-,46-/m0/s1. The molecule has 5 aliphatic rings. The van der Waals surface area contributed by atoms with Crippen LogP contribution in [0.4, 0.5) is 10.1 Å². The van der Waals surface area contributed by atoms with Crippen LogP contribution in [0.3, 0.4) is 0 Å². The Bertz CT molecular complexity index is 2070. The molecule has 5 aliphatic heterocycles. The van der Waals surface area contributed by atoms with E-state index in [9.17, 15) is 33.2 Å². The third-order valence-electron chi connectivity index (χ3n) is 14.7. The molecule has 5 fully saturated rings. The van der Waals surface area contributed by atoms with Crippen molar-refractivity contribution in [2.24, 2.45) is 23.7 Å². The van der Waals surface area contributed by atoms with E-state index in [1.165, 1.54) is 26.4 Å². The topological polar surface area (TPSA) is 149 Å². The number of carbonyl (C=O) groups excluding carboxylic acids is 6. The summed E-state index contributed by atoms with van der Waals surface area (Å²) in [5, 5.41) is 0. The van der Waals surface area contributed by atoms with Gasteiger partial charge in [-0.25, -0.2) is 4.39 Å². The number of anilines is 1. The van der Waals surface area contributed by atoms with Crippen molar-refractivity contribution in [3.8, 4) is 0 Å². The minimum absolute atomic E-state index is 0.0275. The number of halogens is 1. The lowest BCUT2D eigenvalue weighted by Crippen LogP contribution is -2.46. The van der Waals surface area contributed by atoms with Gasteiger partial charge in [-0.15, -0.1) is 0 Å². The number of nitrogens with zero attached hydrogens (tertiary/aromatic N) is 3. The lowest BCUT2D eigenvalue weighted by atomic mass is 9.87. The lowest BCUT2D eigenvalue weighted by molar-refractivity contribution is -0.149. The fourth-order valence-electron chi connectivity index (χ4n) is 11.1. The summed E-state index contributed by atoms with van der Waals surface area (Å²) in [6, 6.07) is 21.5. The van der Waals surface area contributed by atoms with Crippen LogP contribution in [-0.4, -0.2) is 111 Å². The molecule has 2 amide bonds. The Labute approximate surface area is 386 Å². The van der Waals surface area contributed by atoms with E-state index in [2.05, 4.69) is 29.2 Å². The van der Waals surface area contributed by atoms with Crippen LogP contribution in [-0.2, 0) is 60.6 Å². The minimum Gasteiger partial charge on any atom is -0.469 e. The number of ketones is 2. The smallest absolute Gasteiger partial charge is 0.306 e. The van der Waals surface area contributed by atoms with E-state index in [0.717, 1.165) is 53.6 Å². The van der Waals surface area contributed by atoms with E-state index >= 15 is 0 Å². The molecule has 0 aromatic heterocycles. The molecule has 5 heterocycles. The second kappa shape index (κ2) is 21.4. The summed E-state index contributed by atoms with van der Waals surface area (Å²) in [7, 11) is 2.63. The zero-order valence-electron chi connectivity index (χ0n) is 38.1. The molecule has 8 rings (SSSR count). The van der Waals surface area contributed by atoms with Crippen LogP contribution >= 0.6 is 0 Å². The summed E-state index contributed by atoms with van der Waals surface area (Å²) in [6.45, 7) is 2.85. The van der Waals surface area contributed by atoms with Crippen molar-refractivity contribution < 1.29 is 52.1 Å². The van der Waals surface area contributed by atoms with Crippen molar-refractivity contribution in [3.05, 3.63) is 101 Å². The van der Waals surface area contributed by atoms with Crippen LogP contribution in [0.15, 0.2) is 72.8 Å². The van der Waals surface area contributed by atoms with Crippen molar-refractivity contribution in [2.45, 2.75) is 101 Å². The van der Waals surface area contributed by atoms with E-state index in [1.807, 2.05) is 24.3 Å². The molecule has 0 saturated carbocycles. The van der Waals surface area contributed by atoms with Crippen molar-refractivity contribution in [2.75, 3.05) is 58.6 Å². The van der Waals surface area contributed by atoms with Gasteiger partial charge in [-0.1, -0.05) is 48.5 Å².